The largest absolute Gasteiger partial charge is 0.370 e. The van der Waals surface area contributed by atoms with Crippen LogP contribution in [0.15, 0.2) is 53.0 Å². The van der Waals surface area contributed by atoms with Crippen molar-refractivity contribution in [3.8, 4) is 0 Å². The minimum Gasteiger partial charge on any atom is -0.370 e. The molecule has 1 aliphatic rings. The molecule has 110 valence electrons. The predicted molar refractivity (Wildman–Crippen MR) is 84.7 cm³/mol. The molecule has 2 unspecified atom stereocenters. The van der Waals surface area contributed by atoms with Gasteiger partial charge < -0.3 is 10.1 Å². The van der Waals surface area contributed by atoms with Crippen molar-refractivity contribution in [2.24, 2.45) is 0 Å². The molecule has 1 fully saturated rings. The van der Waals surface area contributed by atoms with E-state index in [4.69, 9.17) is 4.74 Å². The van der Waals surface area contributed by atoms with E-state index < -0.39 is 0 Å². The fraction of sp³-hybridized carbons (Fsp3) is 0.294. The van der Waals surface area contributed by atoms with E-state index in [1.54, 1.807) is 12.1 Å². The molecule has 1 saturated heterocycles. The highest BCUT2D eigenvalue weighted by atomic mass is 79.9. The summed E-state index contributed by atoms with van der Waals surface area (Å²) in [6.45, 7) is 1.22. The molecule has 0 aliphatic carbocycles. The molecule has 2 atom stereocenters. The topological polar surface area (TPSA) is 21.3 Å². The lowest BCUT2D eigenvalue weighted by molar-refractivity contribution is 0.00117. The molecule has 0 radical (unpaired) electrons. The highest BCUT2D eigenvalue weighted by Gasteiger charge is 2.24. The molecule has 0 aromatic heterocycles. The second kappa shape index (κ2) is 6.69. The van der Waals surface area contributed by atoms with Gasteiger partial charge in [-0.2, -0.15) is 0 Å². The summed E-state index contributed by atoms with van der Waals surface area (Å²) in [5, 5.41) is 3.46. The van der Waals surface area contributed by atoms with E-state index in [1.165, 1.54) is 11.6 Å². The maximum absolute atomic E-state index is 13.9. The van der Waals surface area contributed by atoms with E-state index >= 15 is 0 Å². The number of halogens is 2. The number of ether oxygens (including phenoxy) is 1. The summed E-state index contributed by atoms with van der Waals surface area (Å²) in [5.74, 6) is -0.216. The fourth-order valence-corrected chi connectivity index (χ4v) is 2.99. The Bertz CT molecular complexity index is 597. The lowest BCUT2D eigenvalue weighted by atomic mass is 10.0. The summed E-state index contributed by atoms with van der Waals surface area (Å²) in [4.78, 5) is 0. The SMILES string of the molecule is Fc1ccc(Br)cc1C1CNC(Cc2ccccc2)CO1. The van der Waals surface area contributed by atoms with E-state index in [2.05, 4.69) is 33.4 Å². The number of hydrogen-bond donors (Lipinski definition) is 1. The van der Waals surface area contributed by atoms with Gasteiger partial charge in [0.2, 0.25) is 0 Å². The standard InChI is InChI=1S/C17H17BrFNO/c18-13-6-7-16(19)15(9-13)17-10-20-14(11-21-17)8-12-4-2-1-3-5-12/h1-7,9,14,17,20H,8,10-11H2. The van der Waals surface area contributed by atoms with Gasteiger partial charge in [0, 0.05) is 22.6 Å². The maximum Gasteiger partial charge on any atom is 0.129 e. The zero-order chi connectivity index (χ0) is 14.7. The van der Waals surface area contributed by atoms with Gasteiger partial charge in [0.25, 0.3) is 0 Å². The third-order valence-corrected chi connectivity index (χ3v) is 4.21. The number of rotatable bonds is 3. The second-order valence-corrected chi connectivity index (χ2v) is 6.20. The Morgan fingerprint density at radius 1 is 1.19 bits per heavy atom. The Labute approximate surface area is 132 Å². The van der Waals surface area contributed by atoms with Crippen LogP contribution in [0.1, 0.15) is 17.2 Å². The van der Waals surface area contributed by atoms with Crippen molar-refractivity contribution in [1.29, 1.82) is 0 Å². The summed E-state index contributed by atoms with van der Waals surface area (Å²) in [6, 6.07) is 15.6. The van der Waals surface area contributed by atoms with Crippen LogP contribution in [-0.2, 0) is 11.2 Å². The van der Waals surface area contributed by atoms with Crippen molar-refractivity contribution in [3.05, 3.63) is 69.9 Å². The molecule has 0 spiro atoms. The molecule has 4 heteroatoms. The third-order valence-electron chi connectivity index (χ3n) is 3.72. The van der Waals surface area contributed by atoms with Crippen molar-refractivity contribution >= 4 is 15.9 Å². The minimum atomic E-state index is -0.227. The summed E-state index contributed by atoms with van der Waals surface area (Å²) in [5.41, 5.74) is 1.89. The van der Waals surface area contributed by atoms with Gasteiger partial charge in [-0.05, 0) is 30.2 Å². The first-order chi connectivity index (χ1) is 10.2. The van der Waals surface area contributed by atoms with Crippen molar-refractivity contribution in [3.63, 3.8) is 0 Å². The molecule has 1 aliphatic heterocycles. The number of morpholine rings is 1. The van der Waals surface area contributed by atoms with Crippen LogP contribution >= 0.6 is 15.9 Å². The molecule has 1 heterocycles. The summed E-state index contributed by atoms with van der Waals surface area (Å²) in [7, 11) is 0. The van der Waals surface area contributed by atoms with Crippen LogP contribution in [0, 0.1) is 5.82 Å². The zero-order valence-corrected chi connectivity index (χ0v) is 13.1. The first-order valence-corrected chi connectivity index (χ1v) is 7.85. The monoisotopic (exact) mass is 349 g/mol. The van der Waals surface area contributed by atoms with Crippen molar-refractivity contribution < 1.29 is 9.13 Å². The van der Waals surface area contributed by atoms with Gasteiger partial charge in [-0.3, -0.25) is 0 Å². The van der Waals surface area contributed by atoms with Gasteiger partial charge in [-0.1, -0.05) is 46.3 Å². The molecule has 1 N–H and O–H groups in total. The van der Waals surface area contributed by atoms with Crippen molar-refractivity contribution in [1.82, 2.24) is 5.32 Å². The summed E-state index contributed by atoms with van der Waals surface area (Å²) in [6.07, 6.45) is 0.698. The second-order valence-electron chi connectivity index (χ2n) is 5.28. The van der Waals surface area contributed by atoms with Gasteiger partial charge >= 0.3 is 0 Å². The lowest BCUT2D eigenvalue weighted by Crippen LogP contribution is -2.44. The molecular weight excluding hydrogens is 333 g/mol. The molecule has 0 saturated carbocycles. The average molecular weight is 350 g/mol. The van der Waals surface area contributed by atoms with Crippen LogP contribution in [0.5, 0.6) is 0 Å². The van der Waals surface area contributed by atoms with Crippen LogP contribution in [-0.4, -0.2) is 19.2 Å². The van der Waals surface area contributed by atoms with E-state index in [-0.39, 0.29) is 18.0 Å². The van der Waals surface area contributed by atoms with E-state index in [9.17, 15) is 4.39 Å². The van der Waals surface area contributed by atoms with Crippen LogP contribution in [0.3, 0.4) is 0 Å². The number of benzene rings is 2. The Morgan fingerprint density at radius 3 is 2.71 bits per heavy atom. The van der Waals surface area contributed by atoms with E-state index in [0.717, 1.165) is 10.9 Å². The summed E-state index contributed by atoms with van der Waals surface area (Å²) < 4.78 is 20.6. The smallest absolute Gasteiger partial charge is 0.129 e. The fourth-order valence-electron chi connectivity index (χ4n) is 2.61. The predicted octanol–water partition coefficient (Wildman–Crippen LogP) is 3.86. The van der Waals surface area contributed by atoms with Gasteiger partial charge in [-0.15, -0.1) is 0 Å². The quantitative estimate of drug-likeness (QED) is 0.908. The van der Waals surface area contributed by atoms with Gasteiger partial charge in [-0.25, -0.2) is 4.39 Å². The van der Waals surface area contributed by atoms with E-state index in [0.29, 0.717) is 18.7 Å². The average Bonchev–Trinajstić information content (AvgIpc) is 2.52. The Balaban J connectivity index is 1.61. The number of hydrogen-bond acceptors (Lipinski definition) is 2. The Hall–Kier alpha value is -1.23. The minimum absolute atomic E-state index is 0.216. The van der Waals surface area contributed by atoms with Crippen LogP contribution in [0.4, 0.5) is 4.39 Å². The highest BCUT2D eigenvalue weighted by molar-refractivity contribution is 9.10. The van der Waals surface area contributed by atoms with Crippen molar-refractivity contribution in [2.45, 2.75) is 18.6 Å². The first kappa shape index (κ1) is 14.7. The first-order valence-electron chi connectivity index (χ1n) is 7.06. The molecule has 0 bridgehead atoms. The lowest BCUT2D eigenvalue weighted by Gasteiger charge is -2.31. The van der Waals surface area contributed by atoms with Crippen LogP contribution in [0.2, 0.25) is 0 Å². The molecule has 3 rings (SSSR count). The van der Waals surface area contributed by atoms with Gasteiger partial charge in [0.15, 0.2) is 0 Å². The van der Waals surface area contributed by atoms with E-state index in [1.807, 2.05) is 18.2 Å². The maximum atomic E-state index is 13.9. The molecule has 2 aromatic carbocycles. The molecule has 2 aromatic rings. The highest BCUT2D eigenvalue weighted by Crippen LogP contribution is 2.26. The number of nitrogens with one attached hydrogen (secondary N) is 1. The van der Waals surface area contributed by atoms with Crippen molar-refractivity contribution in [2.75, 3.05) is 13.2 Å². The Morgan fingerprint density at radius 2 is 2.00 bits per heavy atom. The Kier molecular flexibility index (Phi) is 4.68. The van der Waals surface area contributed by atoms with Gasteiger partial charge in [0.1, 0.15) is 5.82 Å². The van der Waals surface area contributed by atoms with Gasteiger partial charge in [0.05, 0.1) is 12.7 Å². The molecular formula is C17H17BrFNO. The van der Waals surface area contributed by atoms with Crippen LogP contribution < -0.4 is 5.32 Å². The molecule has 0 amide bonds. The normalized spacial score (nSPS) is 22.2. The molecule has 2 nitrogen and oxygen atoms in total. The van der Waals surface area contributed by atoms with Crippen LogP contribution in [0.25, 0.3) is 0 Å². The third kappa shape index (κ3) is 3.70. The zero-order valence-electron chi connectivity index (χ0n) is 11.6. The summed E-state index contributed by atoms with van der Waals surface area (Å²) >= 11 is 3.38. The molecule has 21 heavy (non-hydrogen) atoms.